The summed E-state index contributed by atoms with van der Waals surface area (Å²) < 4.78 is 10.6. The van der Waals surface area contributed by atoms with E-state index in [1.54, 1.807) is 7.11 Å². The normalized spacial score (nSPS) is 12.2. The highest BCUT2D eigenvalue weighted by atomic mass is 127. The standard InChI is InChI=1S/C18H23N3O3.HI/c1-23-17-9-5-8-15(10-17)21-18(19)20-11-16(22)13-24-12-14-6-3-2-4-7-14;/h2-10,16,22H,11-13H2,1H3,(H3,19,20,21);1H. The predicted octanol–water partition coefficient (Wildman–Crippen LogP) is 2.62. The summed E-state index contributed by atoms with van der Waals surface area (Å²) in [6.07, 6.45) is -0.709. The van der Waals surface area contributed by atoms with Crippen molar-refractivity contribution in [3.63, 3.8) is 0 Å². The molecule has 136 valence electrons. The lowest BCUT2D eigenvalue weighted by Crippen LogP contribution is -2.26. The number of aliphatic hydroxyl groups is 1. The number of nitrogens with zero attached hydrogens (tertiary/aromatic N) is 1. The van der Waals surface area contributed by atoms with Crippen LogP contribution in [-0.4, -0.2) is 37.4 Å². The summed E-state index contributed by atoms with van der Waals surface area (Å²) in [6, 6.07) is 17.1. The van der Waals surface area contributed by atoms with E-state index in [2.05, 4.69) is 10.3 Å². The Hall–Kier alpha value is -1.84. The number of hydrogen-bond donors (Lipinski definition) is 3. The maximum atomic E-state index is 9.89. The van der Waals surface area contributed by atoms with Gasteiger partial charge in [-0.1, -0.05) is 36.4 Å². The summed E-state index contributed by atoms with van der Waals surface area (Å²) in [7, 11) is 1.60. The summed E-state index contributed by atoms with van der Waals surface area (Å²) in [6.45, 7) is 0.821. The van der Waals surface area contributed by atoms with Gasteiger partial charge >= 0.3 is 0 Å². The van der Waals surface area contributed by atoms with Gasteiger partial charge in [0, 0.05) is 11.8 Å². The van der Waals surface area contributed by atoms with Gasteiger partial charge in [0.1, 0.15) is 5.75 Å². The van der Waals surface area contributed by atoms with Crippen LogP contribution in [0.3, 0.4) is 0 Å². The number of nitrogens with two attached hydrogens (primary N) is 1. The Morgan fingerprint density at radius 2 is 1.96 bits per heavy atom. The minimum atomic E-state index is -0.709. The molecule has 1 unspecified atom stereocenters. The van der Waals surface area contributed by atoms with E-state index in [-0.39, 0.29) is 43.1 Å². The van der Waals surface area contributed by atoms with Crippen LogP contribution in [0.4, 0.5) is 5.69 Å². The SMILES string of the molecule is COc1cccc(NC(N)=NCC(O)COCc2ccccc2)c1.I. The summed E-state index contributed by atoms with van der Waals surface area (Å²) >= 11 is 0. The average molecular weight is 457 g/mol. The van der Waals surface area contributed by atoms with Gasteiger partial charge in [-0.3, -0.25) is 4.99 Å². The number of benzene rings is 2. The van der Waals surface area contributed by atoms with E-state index in [9.17, 15) is 5.11 Å². The highest BCUT2D eigenvalue weighted by Gasteiger charge is 2.04. The molecule has 0 aromatic heterocycles. The van der Waals surface area contributed by atoms with Gasteiger partial charge in [-0.05, 0) is 17.7 Å². The van der Waals surface area contributed by atoms with Crippen molar-refractivity contribution in [1.29, 1.82) is 0 Å². The zero-order chi connectivity index (χ0) is 17.2. The molecule has 0 aliphatic carbocycles. The van der Waals surface area contributed by atoms with E-state index >= 15 is 0 Å². The number of methoxy groups -OCH3 is 1. The Kier molecular flexibility index (Phi) is 9.90. The Bertz CT molecular complexity index is 653. The van der Waals surface area contributed by atoms with E-state index in [1.165, 1.54) is 0 Å². The molecule has 0 aliphatic rings. The Balaban J connectivity index is 0.00000312. The van der Waals surface area contributed by atoms with Gasteiger partial charge in [0.2, 0.25) is 0 Å². The van der Waals surface area contributed by atoms with Gasteiger partial charge in [0.15, 0.2) is 5.96 Å². The van der Waals surface area contributed by atoms with Crippen LogP contribution < -0.4 is 15.8 Å². The molecular formula is C18H24IN3O3. The van der Waals surface area contributed by atoms with Crippen LogP contribution in [0.25, 0.3) is 0 Å². The lowest BCUT2D eigenvalue weighted by atomic mass is 10.2. The van der Waals surface area contributed by atoms with Crippen LogP contribution in [-0.2, 0) is 11.3 Å². The second-order valence-electron chi connectivity index (χ2n) is 5.24. The number of guanidine groups is 1. The van der Waals surface area contributed by atoms with E-state index in [0.717, 1.165) is 17.0 Å². The molecule has 0 fully saturated rings. The second-order valence-corrected chi connectivity index (χ2v) is 5.24. The monoisotopic (exact) mass is 457 g/mol. The maximum absolute atomic E-state index is 9.89. The first-order valence-corrected chi connectivity index (χ1v) is 7.68. The molecule has 4 N–H and O–H groups in total. The van der Waals surface area contributed by atoms with Crippen LogP contribution in [0.5, 0.6) is 5.75 Å². The Morgan fingerprint density at radius 1 is 1.20 bits per heavy atom. The summed E-state index contributed by atoms with van der Waals surface area (Å²) in [5, 5.41) is 12.8. The summed E-state index contributed by atoms with van der Waals surface area (Å²) in [5.74, 6) is 0.951. The van der Waals surface area contributed by atoms with E-state index in [4.69, 9.17) is 15.2 Å². The lowest BCUT2D eigenvalue weighted by Gasteiger charge is -2.11. The average Bonchev–Trinajstić information content (AvgIpc) is 2.61. The molecule has 2 rings (SSSR count). The fourth-order valence-electron chi connectivity index (χ4n) is 2.03. The van der Waals surface area contributed by atoms with Crippen molar-refractivity contribution in [2.24, 2.45) is 10.7 Å². The molecule has 0 bridgehead atoms. The van der Waals surface area contributed by atoms with Crippen LogP contribution in [0.15, 0.2) is 59.6 Å². The van der Waals surface area contributed by atoms with Crippen molar-refractivity contribution in [2.75, 3.05) is 25.6 Å². The lowest BCUT2D eigenvalue weighted by molar-refractivity contribution is 0.0331. The third-order valence-corrected chi connectivity index (χ3v) is 3.24. The zero-order valence-corrected chi connectivity index (χ0v) is 16.4. The predicted molar refractivity (Wildman–Crippen MR) is 111 cm³/mol. The number of ether oxygens (including phenoxy) is 2. The van der Waals surface area contributed by atoms with Crippen molar-refractivity contribution >= 4 is 35.6 Å². The molecule has 6 nitrogen and oxygen atoms in total. The number of halogens is 1. The quantitative estimate of drug-likeness (QED) is 0.322. The maximum Gasteiger partial charge on any atom is 0.193 e. The fourth-order valence-corrected chi connectivity index (χ4v) is 2.03. The molecule has 25 heavy (non-hydrogen) atoms. The largest absolute Gasteiger partial charge is 0.497 e. The highest BCUT2D eigenvalue weighted by Crippen LogP contribution is 2.16. The van der Waals surface area contributed by atoms with Crippen molar-refractivity contribution in [3.8, 4) is 5.75 Å². The minimum Gasteiger partial charge on any atom is -0.497 e. The first-order valence-electron chi connectivity index (χ1n) is 7.68. The zero-order valence-electron chi connectivity index (χ0n) is 14.1. The van der Waals surface area contributed by atoms with Crippen molar-refractivity contribution in [3.05, 3.63) is 60.2 Å². The van der Waals surface area contributed by atoms with E-state index < -0.39 is 6.10 Å². The first kappa shape index (κ1) is 21.2. The fraction of sp³-hybridized carbons (Fsp3) is 0.278. The molecule has 1 atom stereocenters. The highest BCUT2D eigenvalue weighted by molar-refractivity contribution is 14.0. The van der Waals surface area contributed by atoms with E-state index in [0.29, 0.717) is 6.61 Å². The van der Waals surface area contributed by atoms with Gasteiger partial charge in [-0.25, -0.2) is 0 Å². The number of anilines is 1. The molecule has 0 spiro atoms. The molecule has 0 saturated heterocycles. The van der Waals surface area contributed by atoms with Crippen LogP contribution >= 0.6 is 24.0 Å². The van der Waals surface area contributed by atoms with Gasteiger partial charge in [-0.2, -0.15) is 0 Å². The molecule has 0 heterocycles. The van der Waals surface area contributed by atoms with Crippen molar-refractivity contribution < 1.29 is 14.6 Å². The van der Waals surface area contributed by atoms with Crippen LogP contribution in [0, 0.1) is 0 Å². The van der Waals surface area contributed by atoms with Crippen molar-refractivity contribution in [2.45, 2.75) is 12.7 Å². The molecule has 0 radical (unpaired) electrons. The molecule has 7 heteroatoms. The molecule has 2 aromatic carbocycles. The smallest absolute Gasteiger partial charge is 0.193 e. The van der Waals surface area contributed by atoms with Gasteiger partial charge in [-0.15, -0.1) is 24.0 Å². The molecule has 2 aromatic rings. The Morgan fingerprint density at radius 3 is 2.68 bits per heavy atom. The summed E-state index contributed by atoms with van der Waals surface area (Å²) in [4.78, 5) is 4.11. The molecular weight excluding hydrogens is 433 g/mol. The molecule has 0 aliphatic heterocycles. The minimum absolute atomic E-state index is 0. The third-order valence-electron chi connectivity index (χ3n) is 3.24. The van der Waals surface area contributed by atoms with Gasteiger partial charge < -0.3 is 25.6 Å². The topological polar surface area (TPSA) is 89.1 Å². The van der Waals surface area contributed by atoms with Gasteiger partial charge in [0.05, 0.1) is 33.0 Å². The van der Waals surface area contributed by atoms with E-state index in [1.807, 2.05) is 54.6 Å². The van der Waals surface area contributed by atoms with Crippen LogP contribution in [0.2, 0.25) is 0 Å². The number of nitrogens with one attached hydrogen (secondary N) is 1. The molecule has 0 saturated carbocycles. The van der Waals surface area contributed by atoms with Crippen molar-refractivity contribution in [1.82, 2.24) is 0 Å². The summed E-state index contributed by atoms with van der Waals surface area (Å²) in [5.41, 5.74) is 7.64. The molecule has 0 amide bonds. The number of aliphatic imine (C=N–C) groups is 1. The first-order chi connectivity index (χ1) is 11.7. The second kappa shape index (κ2) is 11.7. The number of hydrogen-bond acceptors (Lipinski definition) is 4. The third kappa shape index (κ3) is 8.19. The number of rotatable bonds is 8. The van der Waals surface area contributed by atoms with Crippen LogP contribution in [0.1, 0.15) is 5.56 Å². The number of aliphatic hydroxyl groups excluding tert-OH is 1. The Labute approximate surface area is 165 Å². The van der Waals surface area contributed by atoms with Gasteiger partial charge in [0.25, 0.3) is 0 Å².